The predicted molar refractivity (Wildman–Crippen MR) is 70.5 cm³/mol. The molecule has 2 atom stereocenters. The van der Waals surface area contributed by atoms with Crippen molar-refractivity contribution in [3.8, 4) is 0 Å². The smallest absolute Gasteiger partial charge is 0.185 e. The van der Waals surface area contributed by atoms with E-state index in [2.05, 4.69) is 0 Å². The quantitative estimate of drug-likeness (QED) is 0.779. The van der Waals surface area contributed by atoms with Crippen LogP contribution in [0.1, 0.15) is 35.4 Å². The average molecular weight is 286 g/mol. The summed E-state index contributed by atoms with van der Waals surface area (Å²) in [7, 11) is 0. The van der Waals surface area contributed by atoms with Crippen molar-refractivity contribution in [2.24, 2.45) is 0 Å². The number of carbonyl (C=O) groups is 2. The van der Waals surface area contributed by atoms with E-state index >= 15 is 0 Å². The lowest BCUT2D eigenvalue weighted by molar-refractivity contribution is -0.109. The first-order valence-corrected chi connectivity index (χ1v) is 6.68. The summed E-state index contributed by atoms with van der Waals surface area (Å²) in [6.45, 7) is 1.42. The van der Waals surface area contributed by atoms with Crippen molar-refractivity contribution in [1.82, 2.24) is 0 Å². The second-order valence-electron chi connectivity index (χ2n) is 4.04. The summed E-state index contributed by atoms with van der Waals surface area (Å²) in [6.07, 6.45) is -1.75. The minimum atomic E-state index is -1.25. The van der Waals surface area contributed by atoms with E-state index in [1.165, 1.54) is 19.1 Å². The van der Waals surface area contributed by atoms with Crippen LogP contribution in [0.3, 0.4) is 0 Å². The van der Waals surface area contributed by atoms with Gasteiger partial charge in [-0.15, -0.1) is 0 Å². The Kier molecular flexibility index (Phi) is 6.14. The molecular formula is C13H15FO4S. The van der Waals surface area contributed by atoms with E-state index in [1.807, 2.05) is 0 Å². The fourth-order valence-electron chi connectivity index (χ4n) is 1.53. The van der Waals surface area contributed by atoms with Crippen LogP contribution in [0, 0.1) is 5.82 Å². The molecule has 1 aromatic rings. The Hall–Kier alpha value is -1.24. The highest BCUT2D eigenvalue weighted by molar-refractivity contribution is 8.13. The number of hydrogen-bond donors (Lipinski definition) is 2. The molecule has 1 aromatic carbocycles. The van der Waals surface area contributed by atoms with E-state index in [-0.39, 0.29) is 22.7 Å². The lowest BCUT2D eigenvalue weighted by atomic mass is 10.0. The first kappa shape index (κ1) is 15.8. The van der Waals surface area contributed by atoms with Gasteiger partial charge in [-0.05, 0) is 24.1 Å². The Morgan fingerprint density at radius 2 is 2.16 bits per heavy atom. The monoisotopic (exact) mass is 286 g/mol. The molecule has 2 unspecified atom stereocenters. The number of rotatable bonds is 6. The number of hydrogen-bond acceptors (Lipinski definition) is 5. The molecule has 2 N–H and O–H groups in total. The minimum absolute atomic E-state index is 0.0666. The summed E-state index contributed by atoms with van der Waals surface area (Å²) in [6, 6.07) is 3.66. The van der Waals surface area contributed by atoms with E-state index < -0.39 is 18.0 Å². The highest BCUT2D eigenvalue weighted by Gasteiger charge is 2.19. The Balaban J connectivity index is 2.65. The zero-order valence-electron chi connectivity index (χ0n) is 10.4. The summed E-state index contributed by atoms with van der Waals surface area (Å²) in [5.41, 5.74) is 0.0981. The van der Waals surface area contributed by atoms with Crippen LogP contribution < -0.4 is 0 Å². The third-order valence-corrected chi connectivity index (χ3v) is 3.42. The fourth-order valence-corrected chi connectivity index (χ4v) is 2.17. The maximum atomic E-state index is 13.4. The molecule has 0 spiro atoms. The van der Waals surface area contributed by atoms with Gasteiger partial charge >= 0.3 is 0 Å². The Morgan fingerprint density at radius 3 is 2.68 bits per heavy atom. The first-order chi connectivity index (χ1) is 8.95. The topological polar surface area (TPSA) is 74.6 Å². The van der Waals surface area contributed by atoms with Crippen LogP contribution in [-0.4, -0.2) is 33.5 Å². The molecule has 0 radical (unpaired) electrons. The van der Waals surface area contributed by atoms with Crippen LogP contribution in [-0.2, 0) is 4.79 Å². The summed E-state index contributed by atoms with van der Waals surface area (Å²) in [5.74, 6) is -0.362. The van der Waals surface area contributed by atoms with E-state index in [4.69, 9.17) is 0 Å². The number of aldehydes is 1. The molecule has 0 amide bonds. The normalized spacial score (nSPS) is 13.9. The lowest BCUT2D eigenvalue weighted by Gasteiger charge is -2.18. The molecule has 0 bridgehead atoms. The van der Waals surface area contributed by atoms with Crippen molar-refractivity contribution in [2.45, 2.75) is 25.6 Å². The molecule has 0 heterocycles. The van der Waals surface area contributed by atoms with Crippen molar-refractivity contribution in [2.75, 3.05) is 5.75 Å². The molecule has 1 rings (SSSR count). The van der Waals surface area contributed by atoms with Crippen LogP contribution in [0.15, 0.2) is 18.2 Å². The summed E-state index contributed by atoms with van der Waals surface area (Å²) < 4.78 is 13.4. The largest absolute Gasteiger partial charge is 0.390 e. The van der Waals surface area contributed by atoms with E-state index in [0.29, 0.717) is 12.0 Å². The summed E-state index contributed by atoms with van der Waals surface area (Å²) in [4.78, 5) is 21.2. The maximum Gasteiger partial charge on any atom is 0.185 e. The van der Waals surface area contributed by atoms with Crippen LogP contribution >= 0.6 is 11.8 Å². The molecule has 104 valence electrons. The second kappa shape index (κ2) is 7.37. The number of benzene rings is 1. The van der Waals surface area contributed by atoms with Gasteiger partial charge in [-0.2, -0.15) is 0 Å². The van der Waals surface area contributed by atoms with Crippen LogP contribution in [0.4, 0.5) is 4.39 Å². The second-order valence-corrected chi connectivity index (χ2v) is 5.31. The minimum Gasteiger partial charge on any atom is -0.390 e. The van der Waals surface area contributed by atoms with Crippen molar-refractivity contribution in [1.29, 1.82) is 0 Å². The van der Waals surface area contributed by atoms with Crippen LogP contribution in [0.25, 0.3) is 0 Å². The molecule has 6 heteroatoms. The molecule has 0 aliphatic rings. The number of aliphatic hydroxyl groups excluding tert-OH is 2. The van der Waals surface area contributed by atoms with Crippen LogP contribution in [0.2, 0.25) is 0 Å². The molecule has 0 saturated carbocycles. The van der Waals surface area contributed by atoms with Crippen molar-refractivity contribution in [3.63, 3.8) is 0 Å². The van der Waals surface area contributed by atoms with Gasteiger partial charge < -0.3 is 10.2 Å². The highest BCUT2D eigenvalue weighted by Crippen LogP contribution is 2.22. The molecular weight excluding hydrogens is 271 g/mol. The Labute approximate surface area is 114 Å². The Bertz CT molecular complexity index is 464. The molecule has 19 heavy (non-hydrogen) atoms. The van der Waals surface area contributed by atoms with E-state index in [1.54, 1.807) is 0 Å². The van der Waals surface area contributed by atoms with Gasteiger partial charge in [0.15, 0.2) is 11.4 Å². The van der Waals surface area contributed by atoms with E-state index in [9.17, 15) is 24.2 Å². The number of aliphatic hydroxyl groups is 2. The third-order valence-electron chi connectivity index (χ3n) is 2.58. The van der Waals surface area contributed by atoms with Crippen molar-refractivity contribution < 1.29 is 24.2 Å². The van der Waals surface area contributed by atoms with Crippen molar-refractivity contribution >= 4 is 23.2 Å². The number of thioether (sulfide) groups is 1. The summed E-state index contributed by atoms with van der Waals surface area (Å²) in [5, 5.41) is 19.5. The predicted octanol–water partition coefficient (Wildman–Crippen LogP) is 1.70. The van der Waals surface area contributed by atoms with Gasteiger partial charge in [0.25, 0.3) is 0 Å². The first-order valence-electron chi connectivity index (χ1n) is 5.69. The summed E-state index contributed by atoms with van der Waals surface area (Å²) >= 11 is 1.05. The highest BCUT2D eigenvalue weighted by atomic mass is 32.2. The molecule has 4 nitrogen and oxygen atoms in total. The fraction of sp³-hybridized carbons (Fsp3) is 0.385. The molecule has 0 saturated heterocycles. The number of carbonyl (C=O) groups excluding carboxylic acids is 2. The van der Waals surface area contributed by atoms with E-state index in [0.717, 1.165) is 17.8 Å². The molecule has 0 aromatic heterocycles. The van der Waals surface area contributed by atoms with Gasteiger partial charge in [-0.1, -0.05) is 17.8 Å². The molecule has 0 aliphatic carbocycles. The maximum absolute atomic E-state index is 13.4. The SMILES string of the molecule is CC(=O)SCCC(O)C(O)c1ccc(C=O)c(F)c1. The van der Waals surface area contributed by atoms with Crippen molar-refractivity contribution in [3.05, 3.63) is 35.1 Å². The molecule has 0 fully saturated rings. The average Bonchev–Trinajstić information content (AvgIpc) is 2.37. The molecule has 0 aliphatic heterocycles. The Morgan fingerprint density at radius 1 is 1.47 bits per heavy atom. The van der Waals surface area contributed by atoms with Crippen LogP contribution in [0.5, 0.6) is 0 Å². The number of halogens is 1. The lowest BCUT2D eigenvalue weighted by Crippen LogP contribution is -2.19. The zero-order chi connectivity index (χ0) is 14.4. The van der Waals surface area contributed by atoms with Gasteiger partial charge in [0.2, 0.25) is 0 Å². The van der Waals surface area contributed by atoms with Gasteiger partial charge in [0.05, 0.1) is 11.7 Å². The van der Waals surface area contributed by atoms with Gasteiger partial charge in [0.1, 0.15) is 11.9 Å². The standard InChI is InChI=1S/C13H15FO4S/c1-8(16)19-5-4-12(17)13(18)9-2-3-10(7-15)11(14)6-9/h2-3,6-7,12-13,17-18H,4-5H2,1H3. The van der Waals surface area contributed by atoms with Gasteiger partial charge in [-0.3, -0.25) is 9.59 Å². The zero-order valence-corrected chi connectivity index (χ0v) is 11.2. The van der Waals surface area contributed by atoms with Gasteiger partial charge in [0, 0.05) is 12.7 Å². The third kappa shape index (κ3) is 4.74. The van der Waals surface area contributed by atoms with Gasteiger partial charge in [-0.25, -0.2) is 4.39 Å².